The van der Waals surface area contributed by atoms with Crippen LogP contribution in [0, 0.1) is 11.6 Å². The molecule has 0 bridgehead atoms. The number of H-pyrrole nitrogens is 1. The molecule has 164 valence electrons. The summed E-state index contributed by atoms with van der Waals surface area (Å²) in [5, 5.41) is 5.49. The first kappa shape index (κ1) is 20.1. The summed E-state index contributed by atoms with van der Waals surface area (Å²) in [4.78, 5) is 29.0. The number of nitrogens with zero attached hydrogens (tertiary/aromatic N) is 6. The van der Waals surface area contributed by atoms with Gasteiger partial charge in [0.15, 0.2) is 0 Å². The molecular formula is C22H21F2N7O. The van der Waals surface area contributed by atoms with Gasteiger partial charge in [0.2, 0.25) is 5.95 Å². The van der Waals surface area contributed by atoms with Crippen LogP contribution in [0.1, 0.15) is 18.0 Å². The van der Waals surface area contributed by atoms with Crippen molar-refractivity contribution in [3.05, 3.63) is 66.0 Å². The zero-order chi connectivity index (χ0) is 22.1. The van der Waals surface area contributed by atoms with Gasteiger partial charge < -0.3 is 14.8 Å². The minimum atomic E-state index is -0.672. The van der Waals surface area contributed by atoms with Gasteiger partial charge in [-0.2, -0.15) is 5.10 Å². The average molecular weight is 437 g/mol. The highest BCUT2D eigenvalue weighted by Gasteiger charge is 2.33. The molecule has 0 spiro atoms. The number of rotatable bonds is 3. The molecule has 1 fully saturated rings. The highest BCUT2D eigenvalue weighted by atomic mass is 19.1. The smallest absolute Gasteiger partial charge is 0.341 e. The molecule has 2 aromatic heterocycles. The van der Waals surface area contributed by atoms with Gasteiger partial charge in [0.05, 0.1) is 17.4 Å². The summed E-state index contributed by atoms with van der Waals surface area (Å²) in [6.45, 7) is 2.06. The zero-order valence-corrected chi connectivity index (χ0v) is 17.2. The van der Waals surface area contributed by atoms with E-state index in [4.69, 9.17) is 0 Å². The highest BCUT2D eigenvalue weighted by molar-refractivity contribution is 5.78. The molecule has 2 aliphatic rings. The van der Waals surface area contributed by atoms with Crippen LogP contribution in [0.15, 0.2) is 53.9 Å². The number of carbonyl (C=O) groups excluding carboxylic acids is 1. The molecule has 10 heteroatoms. The van der Waals surface area contributed by atoms with Crippen molar-refractivity contribution in [1.29, 1.82) is 0 Å². The fourth-order valence-electron chi connectivity index (χ4n) is 4.03. The van der Waals surface area contributed by atoms with E-state index in [-0.39, 0.29) is 6.03 Å². The first-order valence-corrected chi connectivity index (χ1v) is 10.4. The third-order valence-electron chi connectivity index (χ3n) is 5.65. The molecule has 5 rings (SSSR count). The van der Waals surface area contributed by atoms with Gasteiger partial charge in [-0.05, 0) is 35.9 Å². The number of hydrogen-bond acceptors (Lipinski definition) is 5. The van der Waals surface area contributed by atoms with Crippen molar-refractivity contribution in [2.45, 2.75) is 12.5 Å². The summed E-state index contributed by atoms with van der Waals surface area (Å²) in [7, 11) is 0. The fraction of sp³-hybridized carbons (Fsp3) is 0.273. The number of anilines is 1. The lowest BCUT2D eigenvalue weighted by Crippen LogP contribution is -2.52. The lowest BCUT2D eigenvalue weighted by atomic mass is 10.0. The Morgan fingerprint density at radius 2 is 1.84 bits per heavy atom. The summed E-state index contributed by atoms with van der Waals surface area (Å²) in [5.41, 5.74) is 2.10. The molecule has 32 heavy (non-hydrogen) atoms. The van der Waals surface area contributed by atoms with Crippen LogP contribution < -0.4 is 4.90 Å². The maximum atomic E-state index is 13.7. The molecule has 4 heterocycles. The second-order valence-electron chi connectivity index (χ2n) is 7.68. The number of nitrogens with one attached hydrogen (secondary N) is 1. The van der Waals surface area contributed by atoms with Crippen LogP contribution in [0.2, 0.25) is 0 Å². The van der Waals surface area contributed by atoms with Crippen molar-refractivity contribution in [1.82, 2.24) is 24.9 Å². The van der Waals surface area contributed by atoms with Gasteiger partial charge in [-0.1, -0.05) is 0 Å². The number of urea groups is 1. The molecule has 0 unspecified atom stereocenters. The van der Waals surface area contributed by atoms with E-state index in [2.05, 4.69) is 20.1 Å². The van der Waals surface area contributed by atoms with Gasteiger partial charge in [-0.3, -0.25) is 0 Å². The van der Waals surface area contributed by atoms with Crippen molar-refractivity contribution in [3.63, 3.8) is 0 Å². The number of piperazine rings is 1. The molecule has 1 saturated heterocycles. The van der Waals surface area contributed by atoms with Crippen LogP contribution in [0.3, 0.4) is 0 Å². The summed E-state index contributed by atoms with van der Waals surface area (Å²) in [6, 6.07) is 8.20. The van der Waals surface area contributed by atoms with E-state index < -0.39 is 17.7 Å². The average Bonchev–Trinajstić information content (AvgIpc) is 3.51. The third-order valence-corrected chi connectivity index (χ3v) is 5.65. The number of aromatic amines is 1. The molecule has 1 atom stereocenters. The molecule has 1 aromatic carbocycles. The topological polar surface area (TPSA) is 80.7 Å². The van der Waals surface area contributed by atoms with E-state index in [1.54, 1.807) is 17.3 Å². The zero-order valence-electron chi connectivity index (χ0n) is 17.2. The Morgan fingerprint density at radius 1 is 1.06 bits per heavy atom. The Hall–Kier alpha value is -3.82. The van der Waals surface area contributed by atoms with Gasteiger partial charge in [0.1, 0.15) is 11.6 Å². The lowest BCUT2D eigenvalue weighted by molar-refractivity contribution is 0.139. The summed E-state index contributed by atoms with van der Waals surface area (Å²) < 4.78 is 27.3. The number of hydrogen-bond donors (Lipinski definition) is 1. The Kier molecular flexibility index (Phi) is 5.26. The number of amides is 2. The molecule has 2 amide bonds. The predicted octanol–water partition coefficient (Wildman–Crippen LogP) is 3.42. The first-order chi connectivity index (χ1) is 15.6. The van der Waals surface area contributed by atoms with E-state index in [1.165, 1.54) is 17.1 Å². The van der Waals surface area contributed by atoms with Crippen molar-refractivity contribution >= 4 is 18.2 Å². The Balaban J connectivity index is 1.26. The van der Waals surface area contributed by atoms with E-state index in [1.807, 2.05) is 29.3 Å². The minimum Gasteiger partial charge on any atom is -0.360 e. The number of halogens is 2. The summed E-state index contributed by atoms with van der Waals surface area (Å²) in [5.74, 6) is -0.736. The van der Waals surface area contributed by atoms with E-state index in [9.17, 15) is 13.6 Å². The van der Waals surface area contributed by atoms with Gasteiger partial charge in [0, 0.05) is 57.3 Å². The Morgan fingerprint density at radius 3 is 2.56 bits per heavy atom. The highest BCUT2D eigenvalue weighted by Crippen LogP contribution is 2.30. The normalized spacial score (nSPS) is 18.4. The largest absolute Gasteiger partial charge is 0.360 e. The van der Waals surface area contributed by atoms with Crippen molar-refractivity contribution in [2.75, 3.05) is 31.1 Å². The van der Waals surface area contributed by atoms with Crippen molar-refractivity contribution < 1.29 is 13.6 Å². The summed E-state index contributed by atoms with van der Waals surface area (Å²) in [6.07, 6.45) is 5.57. The third kappa shape index (κ3) is 3.91. The van der Waals surface area contributed by atoms with Crippen LogP contribution in [0.25, 0.3) is 11.4 Å². The quantitative estimate of drug-likeness (QED) is 0.681. The lowest BCUT2D eigenvalue weighted by Gasteiger charge is -2.37. The fourth-order valence-corrected chi connectivity index (χ4v) is 4.03. The van der Waals surface area contributed by atoms with Crippen LogP contribution in [-0.2, 0) is 0 Å². The standard InChI is InChI=1S/C22H21F2N7O/c23-16-12-15(13-17(24)14-16)20-4-7-27-31(20)22(32)30-10-8-29(9-11-30)21-26-6-3-19(28-21)18-2-1-5-25-18/h1-3,5-7,12-14,20,25H,4,8-11H2/t20-/m0/s1. The van der Waals surface area contributed by atoms with Crippen LogP contribution in [-0.4, -0.2) is 63.3 Å². The van der Waals surface area contributed by atoms with E-state index >= 15 is 0 Å². The van der Waals surface area contributed by atoms with Gasteiger partial charge >= 0.3 is 6.03 Å². The van der Waals surface area contributed by atoms with Gasteiger partial charge in [0.25, 0.3) is 0 Å². The van der Waals surface area contributed by atoms with E-state index in [0.29, 0.717) is 44.1 Å². The molecule has 3 aromatic rings. The monoisotopic (exact) mass is 437 g/mol. The number of hydrazone groups is 1. The maximum absolute atomic E-state index is 13.7. The first-order valence-electron chi connectivity index (χ1n) is 10.4. The number of carbonyl (C=O) groups is 1. The maximum Gasteiger partial charge on any atom is 0.341 e. The van der Waals surface area contributed by atoms with Crippen LogP contribution in [0.4, 0.5) is 19.5 Å². The second-order valence-corrected chi connectivity index (χ2v) is 7.68. The second kappa shape index (κ2) is 8.37. The van der Waals surface area contributed by atoms with Gasteiger partial charge in [-0.25, -0.2) is 28.6 Å². The van der Waals surface area contributed by atoms with Crippen molar-refractivity contribution in [2.24, 2.45) is 5.10 Å². The molecular weight excluding hydrogens is 416 g/mol. The Bertz CT molecular complexity index is 1120. The minimum absolute atomic E-state index is 0.283. The van der Waals surface area contributed by atoms with Crippen LogP contribution in [0.5, 0.6) is 0 Å². The molecule has 0 radical (unpaired) electrons. The molecule has 1 N–H and O–H groups in total. The number of benzene rings is 1. The molecule has 0 saturated carbocycles. The molecule has 8 nitrogen and oxygen atoms in total. The molecule has 0 aliphatic carbocycles. The predicted molar refractivity (Wildman–Crippen MR) is 115 cm³/mol. The Labute approximate surface area is 183 Å². The summed E-state index contributed by atoms with van der Waals surface area (Å²) >= 11 is 0. The van der Waals surface area contributed by atoms with Gasteiger partial charge in [-0.15, -0.1) is 0 Å². The van der Waals surface area contributed by atoms with Crippen molar-refractivity contribution in [3.8, 4) is 11.4 Å². The van der Waals surface area contributed by atoms with Crippen LogP contribution >= 0.6 is 0 Å². The SMILES string of the molecule is O=C(N1CCN(c2nccc(-c3ccc[nH]3)n2)CC1)N1N=CC[C@H]1c1cc(F)cc(F)c1. The molecule has 2 aliphatic heterocycles. The van der Waals surface area contributed by atoms with E-state index in [0.717, 1.165) is 17.5 Å². The number of aromatic nitrogens is 3.